The highest BCUT2D eigenvalue weighted by Crippen LogP contribution is 2.34. The van der Waals surface area contributed by atoms with Gasteiger partial charge in [0.1, 0.15) is 5.75 Å². The number of aromatic nitrogens is 1. The van der Waals surface area contributed by atoms with Crippen LogP contribution in [0, 0.1) is 0 Å². The van der Waals surface area contributed by atoms with E-state index in [-0.39, 0.29) is 11.7 Å². The fraction of sp³-hybridized carbons (Fsp3) is 0.364. The Labute approximate surface area is 163 Å². The van der Waals surface area contributed by atoms with Crippen LogP contribution in [-0.4, -0.2) is 34.0 Å². The number of hydrogen-bond donors (Lipinski definition) is 1. The van der Waals surface area contributed by atoms with E-state index in [0.29, 0.717) is 30.5 Å². The van der Waals surface area contributed by atoms with Gasteiger partial charge >= 0.3 is 0 Å². The highest BCUT2D eigenvalue weighted by Gasteiger charge is 2.27. The van der Waals surface area contributed by atoms with Gasteiger partial charge in [0.25, 0.3) is 5.91 Å². The molecule has 1 amide bonds. The lowest BCUT2D eigenvalue weighted by molar-refractivity contribution is 0.0710. The number of para-hydroxylation sites is 1. The monoisotopic (exact) mass is 380 g/mol. The Morgan fingerprint density at radius 2 is 1.93 bits per heavy atom. The van der Waals surface area contributed by atoms with Crippen LogP contribution >= 0.6 is 11.3 Å². The third kappa shape index (κ3) is 3.56. The second-order valence-electron chi connectivity index (χ2n) is 7.52. The second kappa shape index (κ2) is 7.31. The first kappa shape index (κ1) is 18.0. The summed E-state index contributed by atoms with van der Waals surface area (Å²) in [4.78, 5) is 19.5. The topological polar surface area (TPSA) is 53.4 Å². The van der Waals surface area contributed by atoms with E-state index in [1.807, 2.05) is 23.1 Å². The number of rotatable bonds is 3. The van der Waals surface area contributed by atoms with Crippen molar-refractivity contribution in [1.29, 1.82) is 0 Å². The lowest BCUT2D eigenvalue weighted by atomic mass is 9.96. The van der Waals surface area contributed by atoms with Crippen molar-refractivity contribution in [2.24, 2.45) is 0 Å². The van der Waals surface area contributed by atoms with Crippen molar-refractivity contribution in [2.45, 2.75) is 38.5 Å². The number of piperidine rings is 1. The van der Waals surface area contributed by atoms with E-state index in [1.165, 1.54) is 9.71 Å². The van der Waals surface area contributed by atoms with E-state index in [0.717, 1.165) is 23.9 Å². The summed E-state index contributed by atoms with van der Waals surface area (Å²) in [5, 5.41) is 11.5. The molecule has 0 spiro atoms. The Morgan fingerprint density at radius 3 is 2.59 bits per heavy atom. The molecule has 27 heavy (non-hydrogen) atoms. The number of carbonyl (C=O) groups excluding carboxylic acids is 1. The van der Waals surface area contributed by atoms with Crippen molar-refractivity contribution in [3.05, 3.63) is 58.6 Å². The summed E-state index contributed by atoms with van der Waals surface area (Å²) in [6, 6.07) is 13.6. The number of likely N-dealkylation sites (tertiary alicyclic amines) is 1. The lowest BCUT2D eigenvalue weighted by Gasteiger charge is -2.31. The SMILES string of the molecule is CC(C)c1ccc(C(=O)N2CCC(c3nc4ccccc4s3)CC2)c(O)c1. The zero-order valence-corrected chi connectivity index (χ0v) is 16.5. The summed E-state index contributed by atoms with van der Waals surface area (Å²) < 4.78 is 1.22. The van der Waals surface area contributed by atoms with Crippen LogP contribution in [-0.2, 0) is 0 Å². The molecular formula is C22H24N2O2S. The summed E-state index contributed by atoms with van der Waals surface area (Å²) >= 11 is 1.76. The number of nitrogens with zero attached hydrogens (tertiary/aromatic N) is 2. The predicted molar refractivity (Wildman–Crippen MR) is 110 cm³/mol. The first-order valence-corrected chi connectivity index (χ1v) is 10.3. The van der Waals surface area contributed by atoms with Gasteiger partial charge in [-0.3, -0.25) is 4.79 Å². The summed E-state index contributed by atoms with van der Waals surface area (Å²) in [6.45, 7) is 5.54. The van der Waals surface area contributed by atoms with Crippen molar-refractivity contribution < 1.29 is 9.90 Å². The summed E-state index contributed by atoms with van der Waals surface area (Å²) in [5.74, 6) is 0.734. The third-order valence-corrected chi connectivity index (χ3v) is 6.56. The fourth-order valence-corrected chi connectivity index (χ4v) is 4.79. The molecule has 0 saturated carbocycles. The molecule has 1 fully saturated rings. The van der Waals surface area contributed by atoms with E-state index in [1.54, 1.807) is 23.5 Å². The minimum Gasteiger partial charge on any atom is -0.507 e. The van der Waals surface area contributed by atoms with Crippen molar-refractivity contribution in [1.82, 2.24) is 9.88 Å². The zero-order chi connectivity index (χ0) is 19.0. The van der Waals surface area contributed by atoms with E-state index >= 15 is 0 Å². The van der Waals surface area contributed by atoms with Crippen molar-refractivity contribution >= 4 is 27.5 Å². The van der Waals surface area contributed by atoms with Crippen molar-refractivity contribution in [2.75, 3.05) is 13.1 Å². The summed E-state index contributed by atoms with van der Waals surface area (Å²) in [5.41, 5.74) is 2.50. The second-order valence-corrected chi connectivity index (χ2v) is 8.58. The van der Waals surface area contributed by atoms with Crippen LogP contribution in [0.15, 0.2) is 42.5 Å². The van der Waals surface area contributed by atoms with Gasteiger partial charge in [-0.25, -0.2) is 4.98 Å². The highest BCUT2D eigenvalue weighted by molar-refractivity contribution is 7.18. The maximum Gasteiger partial charge on any atom is 0.257 e. The average molecular weight is 381 g/mol. The number of hydrogen-bond acceptors (Lipinski definition) is 4. The molecule has 0 radical (unpaired) electrons. The standard InChI is InChI=1S/C22H24N2O2S/c1-14(2)16-7-8-17(19(25)13-16)22(26)24-11-9-15(10-12-24)21-23-18-5-3-4-6-20(18)27-21/h3-8,13-15,25H,9-12H2,1-2H3. The van der Waals surface area contributed by atoms with Gasteiger partial charge in [-0.15, -0.1) is 11.3 Å². The molecule has 1 aliphatic heterocycles. The number of fused-ring (bicyclic) bond motifs is 1. The first-order chi connectivity index (χ1) is 13.0. The molecule has 1 aliphatic rings. The Balaban J connectivity index is 1.45. The molecular weight excluding hydrogens is 356 g/mol. The van der Waals surface area contributed by atoms with E-state index < -0.39 is 0 Å². The largest absolute Gasteiger partial charge is 0.507 e. The summed E-state index contributed by atoms with van der Waals surface area (Å²) in [6.07, 6.45) is 1.83. The first-order valence-electron chi connectivity index (χ1n) is 9.50. The number of amides is 1. The Hall–Kier alpha value is -2.40. The summed E-state index contributed by atoms with van der Waals surface area (Å²) in [7, 11) is 0. The van der Waals surface area contributed by atoms with Crippen LogP contribution in [0.1, 0.15) is 59.5 Å². The van der Waals surface area contributed by atoms with E-state index in [2.05, 4.69) is 26.0 Å². The normalized spacial score (nSPS) is 15.6. The molecule has 2 heterocycles. The molecule has 1 aromatic heterocycles. The highest BCUT2D eigenvalue weighted by atomic mass is 32.1. The number of phenols is 1. The quantitative estimate of drug-likeness (QED) is 0.684. The van der Waals surface area contributed by atoms with E-state index in [9.17, 15) is 9.90 Å². The molecule has 0 unspecified atom stereocenters. The van der Waals surface area contributed by atoms with Gasteiger partial charge in [-0.1, -0.05) is 32.0 Å². The van der Waals surface area contributed by atoms with Gasteiger partial charge in [0.05, 0.1) is 20.8 Å². The van der Waals surface area contributed by atoms with Gasteiger partial charge in [0.2, 0.25) is 0 Å². The number of aromatic hydroxyl groups is 1. The molecule has 1 N–H and O–H groups in total. The molecule has 2 aromatic carbocycles. The molecule has 0 aliphatic carbocycles. The van der Waals surface area contributed by atoms with Gasteiger partial charge in [-0.2, -0.15) is 0 Å². The molecule has 140 valence electrons. The minimum atomic E-state index is -0.0782. The van der Waals surface area contributed by atoms with Gasteiger partial charge in [0.15, 0.2) is 0 Å². The van der Waals surface area contributed by atoms with Gasteiger partial charge in [0, 0.05) is 19.0 Å². The molecule has 4 rings (SSSR count). The van der Waals surface area contributed by atoms with Crippen LogP contribution in [0.4, 0.5) is 0 Å². The fourth-order valence-electron chi connectivity index (χ4n) is 3.65. The number of thiazole rings is 1. The third-order valence-electron chi connectivity index (χ3n) is 5.36. The molecule has 3 aromatic rings. The zero-order valence-electron chi connectivity index (χ0n) is 15.7. The van der Waals surface area contributed by atoms with Gasteiger partial charge in [-0.05, 0) is 48.6 Å². The van der Waals surface area contributed by atoms with E-state index in [4.69, 9.17) is 4.98 Å². The van der Waals surface area contributed by atoms with Gasteiger partial charge < -0.3 is 10.0 Å². The van der Waals surface area contributed by atoms with Crippen LogP contribution in [0.5, 0.6) is 5.75 Å². The Kier molecular flexibility index (Phi) is 4.87. The van der Waals surface area contributed by atoms with Crippen LogP contribution < -0.4 is 0 Å². The predicted octanol–water partition coefficient (Wildman–Crippen LogP) is 5.15. The van der Waals surface area contributed by atoms with Crippen LogP contribution in [0.25, 0.3) is 10.2 Å². The van der Waals surface area contributed by atoms with Crippen molar-refractivity contribution in [3.63, 3.8) is 0 Å². The number of phenolic OH excluding ortho intramolecular Hbond substituents is 1. The maximum atomic E-state index is 12.8. The van der Waals surface area contributed by atoms with Crippen LogP contribution in [0.3, 0.4) is 0 Å². The number of benzene rings is 2. The Bertz CT molecular complexity index is 938. The molecule has 0 bridgehead atoms. The minimum absolute atomic E-state index is 0.0782. The smallest absolute Gasteiger partial charge is 0.257 e. The van der Waals surface area contributed by atoms with Crippen molar-refractivity contribution in [3.8, 4) is 5.75 Å². The molecule has 5 heteroatoms. The molecule has 0 atom stereocenters. The molecule has 1 saturated heterocycles. The molecule has 4 nitrogen and oxygen atoms in total. The number of carbonyl (C=O) groups is 1. The average Bonchev–Trinajstić information content (AvgIpc) is 3.11. The maximum absolute atomic E-state index is 12.8. The van der Waals surface area contributed by atoms with Crippen LogP contribution in [0.2, 0.25) is 0 Å². The lowest BCUT2D eigenvalue weighted by Crippen LogP contribution is -2.37. The Morgan fingerprint density at radius 1 is 1.19 bits per heavy atom.